The van der Waals surface area contributed by atoms with Gasteiger partial charge in [-0.15, -0.1) is 0 Å². The standard InChI is InChI=1S/C14H12F2N2O3/c15-12-5-10(6-13(16)14(12)19)8-17-7-9-1-3-11(4-2-9)18(20)21/h1-6,17,19H,7-8H2. The number of nitro groups is 1. The normalized spacial score (nSPS) is 10.6. The van der Waals surface area contributed by atoms with Gasteiger partial charge in [-0.05, 0) is 23.3 Å². The van der Waals surface area contributed by atoms with Crippen LogP contribution in [0.3, 0.4) is 0 Å². The molecule has 2 rings (SSSR count). The second kappa shape index (κ2) is 6.27. The molecule has 7 heteroatoms. The Hall–Kier alpha value is -2.54. The van der Waals surface area contributed by atoms with Crippen molar-refractivity contribution in [2.75, 3.05) is 0 Å². The van der Waals surface area contributed by atoms with Gasteiger partial charge in [0.25, 0.3) is 5.69 Å². The van der Waals surface area contributed by atoms with Gasteiger partial charge in [0.15, 0.2) is 17.4 Å². The number of phenols is 1. The summed E-state index contributed by atoms with van der Waals surface area (Å²) in [7, 11) is 0. The summed E-state index contributed by atoms with van der Waals surface area (Å²) in [6, 6.07) is 8.06. The van der Waals surface area contributed by atoms with Gasteiger partial charge in [0.05, 0.1) is 4.92 Å². The van der Waals surface area contributed by atoms with Crippen LogP contribution in [0.15, 0.2) is 36.4 Å². The van der Waals surface area contributed by atoms with Crippen LogP contribution < -0.4 is 5.32 Å². The first-order valence-corrected chi connectivity index (χ1v) is 6.08. The summed E-state index contributed by atoms with van der Waals surface area (Å²) in [6.07, 6.45) is 0. The van der Waals surface area contributed by atoms with E-state index < -0.39 is 22.3 Å². The molecule has 0 aromatic heterocycles. The Morgan fingerprint density at radius 2 is 1.57 bits per heavy atom. The summed E-state index contributed by atoms with van der Waals surface area (Å²) in [5, 5.41) is 22.4. The molecule has 5 nitrogen and oxygen atoms in total. The van der Waals surface area contributed by atoms with E-state index in [-0.39, 0.29) is 12.2 Å². The van der Waals surface area contributed by atoms with Crippen LogP contribution in [0.25, 0.3) is 0 Å². The minimum atomic E-state index is -1.01. The number of nitro benzene ring substituents is 1. The fraction of sp³-hybridized carbons (Fsp3) is 0.143. The molecular formula is C14H12F2N2O3. The maximum absolute atomic E-state index is 13.1. The molecule has 0 bridgehead atoms. The van der Waals surface area contributed by atoms with E-state index in [0.717, 1.165) is 17.7 Å². The number of nitrogens with one attached hydrogen (secondary N) is 1. The predicted octanol–water partition coefficient (Wildman–Crippen LogP) is 2.87. The fourth-order valence-electron chi connectivity index (χ4n) is 1.81. The van der Waals surface area contributed by atoms with Crippen LogP contribution in [-0.2, 0) is 13.1 Å². The third kappa shape index (κ3) is 3.73. The summed E-state index contributed by atoms with van der Waals surface area (Å²) in [4.78, 5) is 10.0. The molecule has 0 aliphatic rings. The molecule has 0 amide bonds. The predicted molar refractivity (Wildman–Crippen MR) is 71.7 cm³/mol. The molecule has 0 aliphatic carbocycles. The highest BCUT2D eigenvalue weighted by Gasteiger charge is 2.09. The van der Waals surface area contributed by atoms with Gasteiger partial charge in [-0.3, -0.25) is 10.1 Å². The molecule has 0 heterocycles. The Balaban J connectivity index is 1.94. The van der Waals surface area contributed by atoms with Crippen LogP contribution in [-0.4, -0.2) is 10.0 Å². The van der Waals surface area contributed by atoms with E-state index in [2.05, 4.69) is 5.32 Å². The van der Waals surface area contributed by atoms with Gasteiger partial charge in [0, 0.05) is 25.2 Å². The van der Waals surface area contributed by atoms with E-state index >= 15 is 0 Å². The number of non-ortho nitro benzene ring substituents is 1. The maximum Gasteiger partial charge on any atom is 0.269 e. The quantitative estimate of drug-likeness (QED) is 0.656. The van der Waals surface area contributed by atoms with Crippen molar-refractivity contribution in [3.8, 4) is 5.75 Å². The monoisotopic (exact) mass is 294 g/mol. The summed E-state index contributed by atoms with van der Waals surface area (Å²) in [5.41, 5.74) is 1.16. The van der Waals surface area contributed by atoms with Crippen LogP contribution in [0.5, 0.6) is 5.75 Å². The molecule has 0 saturated carbocycles. The van der Waals surface area contributed by atoms with Crippen LogP contribution in [0.4, 0.5) is 14.5 Å². The number of halogens is 2. The van der Waals surface area contributed by atoms with Crippen LogP contribution in [0, 0.1) is 21.7 Å². The molecule has 0 unspecified atom stereocenters. The number of hydrogen-bond donors (Lipinski definition) is 2. The minimum absolute atomic E-state index is 0.00132. The molecule has 2 aromatic carbocycles. The third-order valence-electron chi connectivity index (χ3n) is 2.88. The van der Waals surface area contributed by atoms with Crippen LogP contribution in [0.2, 0.25) is 0 Å². The van der Waals surface area contributed by atoms with Crippen LogP contribution in [0.1, 0.15) is 11.1 Å². The van der Waals surface area contributed by atoms with Crippen LogP contribution >= 0.6 is 0 Å². The molecule has 2 N–H and O–H groups in total. The average Bonchev–Trinajstić information content (AvgIpc) is 2.45. The Morgan fingerprint density at radius 1 is 1.05 bits per heavy atom. The van der Waals surface area contributed by atoms with Gasteiger partial charge in [-0.25, -0.2) is 8.78 Å². The van der Waals surface area contributed by atoms with Gasteiger partial charge in [-0.2, -0.15) is 0 Å². The largest absolute Gasteiger partial charge is 0.503 e. The lowest BCUT2D eigenvalue weighted by molar-refractivity contribution is -0.384. The fourth-order valence-corrected chi connectivity index (χ4v) is 1.81. The number of hydrogen-bond acceptors (Lipinski definition) is 4. The van der Waals surface area contributed by atoms with E-state index in [1.54, 1.807) is 12.1 Å². The third-order valence-corrected chi connectivity index (χ3v) is 2.88. The maximum atomic E-state index is 13.1. The number of nitrogens with zero attached hydrogens (tertiary/aromatic N) is 1. The first kappa shape index (κ1) is 14.9. The number of benzene rings is 2. The molecular weight excluding hydrogens is 282 g/mol. The summed E-state index contributed by atoms with van der Waals surface area (Å²) >= 11 is 0. The molecule has 0 spiro atoms. The smallest absolute Gasteiger partial charge is 0.269 e. The van der Waals surface area contributed by atoms with E-state index in [1.165, 1.54) is 12.1 Å². The van der Waals surface area contributed by atoms with Gasteiger partial charge in [0.2, 0.25) is 0 Å². The lowest BCUT2D eigenvalue weighted by atomic mass is 10.1. The van der Waals surface area contributed by atoms with E-state index in [0.29, 0.717) is 12.1 Å². The zero-order chi connectivity index (χ0) is 15.4. The highest BCUT2D eigenvalue weighted by molar-refractivity contribution is 5.33. The number of phenolic OH excluding ortho intramolecular Hbond substituents is 1. The van der Waals surface area contributed by atoms with Crippen molar-refractivity contribution in [3.63, 3.8) is 0 Å². The highest BCUT2D eigenvalue weighted by atomic mass is 19.1. The Bertz CT molecular complexity index is 637. The molecule has 0 aliphatic heterocycles. The van der Waals surface area contributed by atoms with Gasteiger partial charge < -0.3 is 10.4 Å². The van der Waals surface area contributed by atoms with Gasteiger partial charge in [-0.1, -0.05) is 12.1 Å². The molecule has 0 fully saturated rings. The SMILES string of the molecule is O=[N+]([O-])c1ccc(CNCc2cc(F)c(O)c(F)c2)cc1. The van der Waals surface area contributed by atoms with Crippen molar-refractivity contribution in [3.05, 3.63) is 69.3 Å². The molecule has 2 aromatic rings. The van der Waals surface area contributed by atoms with E-state index in [1.807, 2.05) is 0 Å². The lowest BCUT2D eigenvalue weighted by Crippen LogP contribution is -2.13. The average molecular weight is 294 g/mol. The first-order valence-electron chi connectivity index (χ1n) is 6.08. The van der Waals surface area contributed by atoms with E-state index in [9.17, 15) is 18.9 Å². The second-order valence-corrected chi connectivity index (χ2v) is 4.44. The number of rotatable bonds is 5. The van der Waals surface area contributed by atoms with E-state index in [4.69, 9.17) is 5.11 Å². The van der Waals surface area contributed by atoms with Crippen molar-refractivity contribution in [2.45, 2.75) is 13.1 Å². The zero-order valence-corrected chi connectivity index (χ0v) is 10.8. The van der Waals surface area contributed by atoms with Crippen molar-refractivity contribution < 1.29 is 18.8 Å². The zero-order valence-electron chi connectivity index (χ0n) is 10.8. The molecule has 21 heavy (non-hydrogen) atoms. The van der Waals surface area contributed by atoms with Crippen molar-refractivity contribution in [1.29, 1.82) is 0 Å². The second-order valence-electron chi connectivity index (χ2n) is 4.44. The van der Waals surface area contributed by atoms with Gasteiger partial charge in [0.1, 0.15) is 0 Å². The topological polar surface area (TPSA) is 75.4 Å². The highest BCUT2D eigenvalue weighted by Crippen LogP contribution is 2.21. The Labute approximate surface area is 119 Å². The van der Waals surface area contributed by atoms with Crippen molar-refractivity contribution in [1.82, 2.24) is 5.32 Å². The summed E-state index contributed by atoms with van der Waals surface area (Å²) in [5.74, 6) is -3.02. The Morgan fingerprint density at radius 3 is 2.10 bits per heavy atom. The number of aromatic hydroxyl groups is 1. The molecule has 0 saturated heterocycles. The molecule has 0 radical (unpaired) electrons. The van der Waals surface area contributed by atoms with Gasteiger partial charge >= 0.3 is 0 Å². The summed E-state index contributed by atoms with van der Waals surface area (Å²) < 4.78 is 26.3. The molecule has 0 atom stereocenters. The minimum Gasteiger partial charge on any atom is -0.503 e. The first-order chi connectivity index (χ1) is 9.97. The summed E-state index contributed by atoms with van der Waals surface area (Å²) in [6.45, 7) is 0.590. The Kier molecular flexibility index (Phi) is 4.44. The lowest BCUT2D eigenvalue weighted by Gasteiger charge is -2.06. The molecule has 110 valence electrons. The van der Waals surface area contributed by atoms with Crippen molar-refractivity contribution >= 4 is 5.69 Å². The van der Waals surface area contributed by atoms with Crippen molar-refractivity contribution in [2.24, 2.45) is 0 Å².